The number of fused-ring (bicyclic) bond motifs is 6. The molecule has 8 rings (SSSR count). The molecule has 49 heavy (non-hydrogen) atoms. The van der Waals surface area contributed by atoms with Crippen LogP contribution in [0.4, 0.5) is 0 Å². The minimum absolute atomic E-state index is 0.233. The Labute approximate surface area is 290 Å². The molecule has 4 heteroatoms. The van der Waals surface area contributed by atoms with E-state index in [1.807, 2.05) is 0 Å². The quantitative estimate of drug-likeness (QED) is 0.145. The van der Waals surface area contributed by atoms with Crippen molar-refractivity contribution in [2.24, 2.45) is 10.8 Å². The molecule has 5 heterocycles. The summed E-state index contributed by atoms with van der Waals surface area (Å²) in [5.41, 5.74) is 14.4. The number of aromatic amines is 2. The zero-order chi connectivity index (χ0) is 33.9. The zero-order valence-corrected chi connectivity index (χ0v) is 30.2. The van der Waals surface area contributed by atoms with Crippen LogP contribution in [0.1, 0.15) is 103 Å². The summed E-state index contributed by atoms with van der Waals surface area (Å²) in [5, 5.41) is 4.74. The average molecular weight is 647 g/mol. The first kappa shape index (κ1) is 31.8. The largest absolute Gasteiger partial charge is 0.358 e. The van der Waals surface area contributed by atoms with Gasteiger partial charge in [-0.25, -0.2) is 9.97 Å². The second kappa shape index (κ2) is 12.2. The van der Waals surface area contributed by atoms with Crippen LogP contribution in [0.15, 0.2) is 72.8 Å². The molecular weight excluding hydrogens is 597 g/mol. The van der Waals surface area contributed by atoms with Crippen LogP contribution >= 0.6 is 0 Å². The van der Waals surface area contributed by atoms with Gasteiger partial charge in [-0.2, -0.15) is 0 Å². The number of nitrogens with zero attached hydrogens (tertiary/aromatic N) is 2. The molecule has 0 saturated carbocycles. The van der Waals surface area contributed by atoms with E-state index in [0.717, 1.165) is 64.4 Å². The van der Waals surface area contributed by atoms with Crippen LogP contribution in [0.25, 0.3) is 66.1 Å². The number of rotatable bonds is 10. The lowest BCUT2D eigenvalue weighted by atomic mass is 9.76. The van der Waals surface area contributed by atoms with Gasteiger partial charge in [-0.15, -0.1) is 0 Å². The van der Waals surface area contributed by atoms with Crippen molar-refractivity contribution >= 4 is 43.6 Å². The Balaban J connectivity index is 1.40. The van der Waals surface area contributed by atoms with Crippen molar-refractivity contribution in [3.63, 3.8) is 0 Å². The maximum atomic E-state index is 5.51. The predicted molar refractivity (Wildman–Crippen MR) is 208 cm³/mol. The molecule has 7 aromatic rings. The highest BCUT2D eigenvalue weighted by Gasteiger charge is 2.26. The molecule has 0 fully saturated rings. The van der Waals surface area contributed by atoms with Crippen molar-refractivity contribution in [1.29, 1.82) is 0 Å². The molecule has 4 aromatic heterocycles. The smallest absolute Gasteiger partial charge is 0.0972 e. The molecule has 2 N–H and O–H groups in total. The van der Waals surface area contributed by atoms with Crippen LogP contribution in [0.5, 0.6) is 0 Å². The lowest BCUT2D eigenvalue weighted by Gasteiger charge is -2.29. The fourth-order valence-corrected chi connectivity index (χ4v) is 8.80. The van der Waals surface area contributed by atoms with Gasteiger partial charge in [0.2, 0.25) is 0 Å². The van der Waals surface area contributed by atoms with Crippen LogP contribution in [0, 0.1) is 10.8 Å². The molecule has 1 aliphatic heterocycles. The summed E-state index contributed by atoms with van der Waals surface area (Å²) in [6, 6.07) is 27.5. The number of aromatic nitrogens is 4. The Morgan fingerprint density at radius 3 is 1.84 bits per heavy atom. The van der Waals surface area contributed by atoms with Gasteiger partial charge in [-0.05, 0) is 84.0 Å². The molecule has 0 aliphatic carbocycles. The fraction of sp³-hybridized carbons (Fsp3) is 0.378. The first-order valence-corrected chi connectivity index (χ1v) is 18.7. The molecule has 2 atom stereocenters. The van der Waals surface area contributed by atoms with Crippen molar-refractivity contribution in [2.75, 3.05) is 0 Å². The molecule has 8 bridgehead atoms. The third-order valence-electron chi connectivity index (χ3n) is 11.9. The van der Waals surface area contributed by atoms with Gasteiger partial charge in [0.05, 0.1) is 33.5 Å². The zero-order valence-electron chi connectivity index (χ0n) is 30.2. The lowest BCUT2D eigenvalue weighted by Crippen LogP contribution is -2.19. The number of nitrogens with one attached hydrogen (secondary N) is 2. The van der Waals surface area contributed by atoms with Crippen molar-refractivity contribution < 1.29 is 0 Å². The van der Waals surface area contributed by atoms with E-state index < -0.39 is 0 Å². The van der Waals surface area contributed by atoms with Gasteiger partial charge in [0.25, 0.3) is 0 Å². The molecule has 3 aromatic carbocycles. The van der Waals surface area contributed by atoms with Crippen molar-refractivity contribution in [3.05, 3.63) is 95.3 Å². The van der Waals surface area contributed by atoms with E-state index in [1.165, 1.54) is 82.0 Å². The number of benzene rings is 3. The van der Waals surface area contributed by atoms with Gasteiger partial charge >= 0.3 is 0 Å². The summed E-state index contributed by atoms with van der Waals surface area (Å²) >= 11 is 0. The highest BCUT2D eigenvalue weighted by atomic mass is 14.8. The minimum Gasteiger partial charge on any atom is -0.358 e. The summed E-state index contributed by atoms with van der Waals surface area (Å²) < 4.78 is 0. The lowest BCUT2D eigenvalue weighted by molar-refractivity contribution is 0.279. The maximum absolute atomic E-state index is 5.51. The van der Waals surface area contributed by atoms with Crippen LogP contribution in [-0.4, -0.2) is 19.9 Å². The Hall–Kier alpha value is -4.44. The summed E-state index contributed by atoms with van der Waals surface area (Å²) in [6.07, 6.45) is 10.0. The minimum atomic E-state index is 0.233. The van der Waals surface area contributed by atoms with E-state index in [1.54, 1.807) is 0 Å². The molecule has 0 saturated heterocycles. The number of hydrogen-bond acceptors (Lipinski definition) is 2. The van der Waals surface area contributed by atoms with E-state index in [2.05, 4.69) is 124 Å². The van der Waals surface area contributed by atoms with Gasteiger partial charge in [0.15, 0.2) is 0 Å². The number of pyridine rings is 2. The Kier molecular flexibility index (Phi) is 7.89. The first-order chi connectivity index (χ1) is 23.7. The van der Waals surface area contributed by atoms with E-state index in [4.69, 9.17) is 9.97 Å². The third-order valence-corrected chi connectivity index (χ3v) is 11.9. The van der Waals surface area contributed by atoms with Crippen molar-refractivity contribution in [3.8, 4) is 22.5 Å². The topological polar surface area (TPSA) is 57.4 Å². The molecule has 0 spiro atoms. The second-order valence-corrected chi connectivity index (χ2v) is 15.7. The predicted octanol–water partition coefficient (Wildman–Crippen LogP) is 12.5. The highest BCUT2D eigenvalue weighted by Crippen LogP contribution is 2.41. The van der Waals surface area contributed by atoms with E-state index in [0.29, 0.717) is 0 Å². The Morgan fingerprint density at radius 2 is 1.16 bits per heavy atom. The number of H-pyrrole nitrogens is 2. The van der Waals surface area contributed by atoms with Gasteiger partial charge in [0.1, 0.15) is 0 Å². The standard InChI is InChI=1S/C45H50N4/c1-7-19-44(5,9-3)26-28-21-33-24-35-25-34-23-31-13-14-32(27-45(6,10-4)20-8-2)39(41(31)47-34)38-18-16-30-12-11-29-15-17-37(36(22-28)40(33)46-35)48-42(29)43(30)49-38/h11-18,21-24,46-47H,7-10,19-20,25-27H2,1-6H3. The van der Waals surface area contributed by atoms with Gasteiger partial charge < -0.3 is 9.97 Å². The normalized spacial score (nSPS) is 15.2. The van der Waals surface area contributed by atoms with Crippen LogP contribution in [-0.2, 0) is 19.3 Å². The van der Waals surface area contributed by atoms with Crippen LogP contribution in [0.2, 0.25) is 0 Å². The van der Waals surface area contributed by atoms with Gasteiger partial charge in [0, 0.05) is 50.5 Å². The third kappa shape index (κ3) is 5.63. The van der Waals surface area contributed by atoms with E-state index in [-0.39, 0.29) is 10.8 Å². The van der Waals surface area contributed by atoms with Gasteiger partial charge in [-0.3, -0.25) is 0 Å². The van der Waals surface area contributed by atoms with Crippen molar-refractivity contribution in [1.82, 2.24) is 19.9 Å². The summed E-state index contributed by atoms with van der Waals surface area (Å²) in [6.45, 7) is 14.2. The van der Waals surface area contributed by atoms with Crippen LogP contribution < -0.4 is 0 Å². The summed E-state index contributed by atoms with van der Waals surface area (Å²) in [5.74, 6) is 0. The molecule has 2 unspecified atom stereocenters. The second-order valence-electron chi connectivity index (χ2n) is 15.7. The molecular formula is C45H50N4. The van der Waals surface area contributed by atoms with Crippen LogP contribution in [0.3, 0.4) is 0 Å². The summed E-state index contributed by atoms with van der Waals surface area (Å²) in [7, 11) is 0. The monoisotopic (exact) mass is 646 g/mol. The number of hydrogen-bond donors (Lipinski definition) is 2. The van der Waals surface area contributed by atoms with E-state index in [9.17, 15) is 0 Å². The van der Waals surface area contributed by atoms with Crippen molar-refractivity contribution in [2.45, 2.75) is 99.3 Å². The molecule has 0 amide bonds. The molecule has 250 valence electrons. The average Bonchev–Trinajstić information content (AvgIpc) is 3.70. The molecule has 1 aliphatic rings. The Bertz CT molecular complexity index is 2360. The molecule has 4 nitrogen and oxygen atoms in total. The highest BCUT2D eigenvalue weighted by molar-refractivity contribution is 6.06. The molecule has 0 radical (unpaired) electrons. The SMILES string of the molecule is CCCC(C)(CC)Cc1cc2c3[nH]c(cc3c1)Cc1cc3ccc(CC(C)(CC)CCC)c(c3[nH]1)-c1ccc3ccc4ccc-2nc4c3n1. The first-order valence-electron chi connectivity index (χ1n) is 18.7. The maximum Gasteiger partial charge on any atom is 0.0972 e. The summed E-state index contributed by atoms with van der Waals surface area (Å²) in [4.78, 5) is 18.8. The fourth-order valence-electron chi connectivity index (χ4n) is 8.80. The van der Waals surface area contributed by atoms with Gasteiger partial charge in [-0.1, -0.05) is 104 Å². The Morgan fingerprint density at radius 1 is 0.592 bits per heavy atom. The van der Waals surface area contributed by atoms with E-state index >= 15 is 0 Å².